The maximum absolute atomic E-state index is 10.9. The van der Waals surface area contributed by atoms with Crippen LogP contribution in [0, 0.1) is 6.92 Å². The first kappa shape index (κ1) is 7.02. The van der Waals surface area contributed by atoms with E-state index in [0.717, 1.165) is 0 Å². The number of aliphatic hydroxyl groups excluding tert-OH is 1. The van der Waals surface area contributed by atoms with Crippen molar-refractivity contribution < 1.29 is 9.52 Å². The first-order valence-electron chi connectivity index (χ1n) is 2.94. The van der Waals surface area contributed by atoms with Gasteiger partial charge >= 0.3 is 0 Å². The van der Waals surface area contributed by atoms with E-state index in [1.54, 1.807) is 6.92 Å². The molecule has 0 aromatic carbocycles. The van der Waals surface area contributed by atoms with Gasteiger partial charge in [-0.15, -0.1) is 0 Å². The van der Waals surface area contributed by atoms with Crippen LogP contribution in [0.4, 0.5) is 0 Å². The number of rotatable bonds is 1. The van der Waals surface area contributed by atoms with E-state index in [4.69, 9.17) is 9.52 Å². The van der Waals surface area contributed by atoms with Crippen LogP contribution in [0.3, 0.4) is 0 Å². The second-order valence-electron chi connectivity index (χ2n) is 1.98. The predicted octanol–water partition coefficient (Wildman–Crippen LogP) is 0.441. The van der Waals surface area contributed by atoms with Gasteiger partial charge in [-0.2, -0.15) is 0 Å². The Hall–Kier alpha value is -1.09. The van der Waals surface area contributed by atoms with Crippen molar-refractivity contribution in [2.24, 2.45) is 0 Å². The van der Waals surface area contributed by atoms with E-state index >= 15 is 0 Å². The topological polar surface area (TPSA) is 50.4 Å². The molecule has 1 N–H and O–H groups in total. The molecule has 0 radical (unpaired) electrons. The lowest BCUT2D eigenvalue weighted by Crippen LogP contribution is -2.08. The Morgan fingerprint density at radius 3 is 2.80 bits per heavy atom. The molecule has 0 bridgehead atoms. The van der Waals surface area contributed by atoms with Gasteiger partial charge in [-0.1, -0.05) is 0 Å². The summed E-state index contributed by atoms with van der Waals surface area (Å²) < 4.78 is 4.87. The molecule has 0 aliphatic carbocycles. The van der Waals surface area contributed by atoms with E-state index in [-0.39, 0.29) is 12.0 Å². The summed E-state index contributed by atoms with van der Waals surface area (Å²) in [7, 11) is 0. The van der Waals surface area contributed by atoms with Crippen molar-refractivity contribution in [3.8, 4) is 0 Å². The first-order chi connectivity index (χ1) is 4.75. The summed E-state index contributed by atoms with van der Waals surface area (Å²) in [6, 6.07) is 1.29. The minimum atomic E-state index is -0.255. The van der Waals surface area contributed by atoms with Crippen LogP contribution in [0.5, 0.6) is 0 Å². The van der Waals surface area contributed by atoms with E-state index in [1.165, 1.54) is 12.3 Å². The molecule has 3 heteroatoms. The standard InChI is InChI=1S/C7H8O3/c1-5-6(4-8)7(9)2-3-10-5/h2-3,8H,4H2,1H3. The third kappa shape index (κ3) is 1.09. The van der Waals surface area contributed by atoms with E-state index in [1.807, 2.05) is 0 Å². The molecule has 0 saturated carbocycles. The SMILES string of the molecule is Cc1occc(=O)c1CO. The molecule has 0 spiro atoms. The predicted molar refractivity (Wildman–Crippen MR) is 35.6 cm³/mol. The highest BCUT2D eigenvalue weighted by atomic mass is 16.3. The summed E-state index contributed by atoms with van der Waals surface area (Å²) in [5.41, 5.74) is 0.161. The highest BCUT2D eigenvalue weighted by molar-refractivity contribution is 5.14. The smallest absolute Gasteiger partial charge is 0.190 e. The monoisotopic (exact) mass is 140 g/mol. The summed E-state index contributed by atoms with van der Waals surface area (Å²) >= 11 is 0. The van der Waals surface area contributed by atoms with E-state index in [0.29, 0.717) is 11.3 Å². The maximum atomic E-state index is 10.9. The summed E-state index contributed by atoms with van der Waals surface area (Å²) in [5.74, 6) is 0.481. The minimum Gasteiger partial charge on any atom is -0.469 e. The molecule has 54 valence electrons. The van der Waals surface area contributed by atoms with Crippen LogP contribution >= 0.6 is 0 Å². The second kappa shape index (κ2) is 2.66. The van der Waals surface area contributed by atoms with Gasteiger partial charge in [-0.25, -0.2) is 0 Å². The van der Waals surface area contributed by atoms with Crippen molar-refractivity contribution in [3.63, 3.8) is 0 Å². The molecule has 10 heavy (non-hydrogen) atoms. The van der Waals surface area contributed by atoms with Crippen molar-refractivity contribution in [3.05, 3.63) is 33.9 Å². The van der Waals surface area contributed by atoms with Crippen LogP contribution in [0.25, 0.3) is 0 Å². The van der Waals surface area contributed by atoms with Crippen molar-refractivity contribution >= 4 is 0 Å². The van der Waals surface area contributed by atoms with Gasteiger partial charge in [0.1, 0.15) is 5.76 Å². The van der Waals surface area contributed by atoms with Gasteiger partial charge in [0.25, 0.3) is 0 Å². The van der Waals surface area contributed by atoms with Gasteiger partial charge in [0.15, 0.2) is 5.43 Å². The number of hydrogen-bond donors (Lipinski definition) is 1. The zero-order chi connectivity index (χ0) is 7.56. The molecule has 0 fully saturated rings. The largest absolute Gasteiger partial charge is 0.469 e. The maximum Gasteiger partial charge on any atom is 0.190 e. The Kier molecular flexibility index (Phi) is 1.87. The third-order valence-corrected chi connectivity index (χ3v) is 1.34. The van der Waals surface area contributed by atoms with Crippen LogP contribution in [0.15, 0.2) is 21.5 Å². The molecule has 0 amide bonds. The number of hydrogen-bond acceptors (Lipinski definition) is 3. The Bertz CT molecular complexity index is 274. The van der Waals surface area contributed by atoms with Crippen LogP contribution in [-0.2, 0) is 6.61 Å². The number of aliphatic hydroxyl groups is 1. The molecule has 1 aromatic rings. The lowest BCUT2D eigenvalue weighted by atomic mass is 10.2. The van der Waals surface area contributed by atoms with Crippen LogP contribution < -0.4 is 5.43 Å². The van der Waals surface area contributed by atoms with Gasteiger partial charge in [-0.3, -0.25) is 4.79 Å². The molecular formula is C7H8O3. The fourth-order valence-electron chi connectivity index (χ4n) is 0.732. The highest BCUT2D eigenvalue weighted by Gasteiger charge is 2.01. The number of aryl methyl sites for hydroxylation is 1. The summed E-state index contributed by atoms with van der Waals surface area (Å²) in [6.07, 6.45) is 1.32. The Morgan fingerprint density at radius 2 is 2.40 bits per heavy atom. The molecule has 0 aliphatic rings. The van der Waals surface area contributed by atoms with Crippen molar-refractivity contribution in [1.82, 2.24) is 0 Å². The van der Waals surface area contributed by atoms with Crippen LogP contribution in [0.2, 0.25) is 0 Å². The molecule has 1 aromatic heterocycles. The molecule has 0 atom stereocenters. The minimum absolute atomic E-state index is 0.175. The van der Waals surface area contributed by atoms with Crippen LogP contribution in [-0.4, -0.2) is 5.11 Å². The van der Waals surface area contributed by atoms with Gasteiger partial charge in [0, 0.05) is 6.07 Å². The van der Waals surface area contributed by atoms with Crippen molar-refractivity contribution in [2.75, 3.05) is 0 Å². The average Bonchev–Trinajstić information content (AvgIpc) is 1.88. The Balaban J connectivity index is 3.31. The molecular weight excluding hydrogens is 132 g/mol. The van der Waals surface area contributed by atoms with E-state index in [9.17, 15) is 4.79 Å². The Morgan fingerprint density at radius 1 is 1.70 bits per heavy atom. The fraction of sp³-hybridized carbons (Fsp3) is 0.286. The van der Waals surface area contributed by atoms with E-state index in [2.05, 4.69) is 0 Å². The second-order valence-corrected chi connectivity index (χ2v) is 1.98. The summed E-state index contributed by atoms with van der Waals surface area (Å²) in [4.78, 5) is 10.9. The van der Waals surface area contributed by atoms with Crippen molar-refractivity contribution in [2.45, 2.75) is 13.5 Å². The zero-order valence-corrected chi connectivity index (χ0v) is 5.63. The van der Waals surface area contributed by atoms with E-state index < -0.39 is 0 Å². The lowest BCUT2D eigenvalue weighted by molar-refractivity contribution is 0.274. The van der Waals surface area contributed by atoms with Crippen molar-refractivity contribution in [1.29, 1.82) is 0 Å². The molecule has 0 aliphatic heterocycles. The normalized spacial score (nSPS) is 9.80. The van der Waals surface area contributed by atoms with Gasteiger partial charge in [0.2, 0.25) is 0 Å². The average molecular weight is 140 g/mol. The molecule has 1 heterocycles. The zero-order valence-electron chi connectivity index (χ0n) is 5.63. The quantitative estimate of drug-likeness (QED) is 0.615. The Labute approximate surface area is 57.9 Å². The lowest BCUT2D eigenvalue weighted by Gasteiger charge is -1.96. The molecule has 3 nitrogen and oxygen atoms in total. The van der Waals surface area contributed by atoms with Crippen LogP contribution in [0.1, 0.15) is 11.3 Å². The summed E-state index contributed by atoms with van der Waals surface area (Å²) in [5, 5.41) is 8.64. The van der Waals surface area contributed by atoms with Gasteiger partial charge in [0.05, 0.1) is 18.4 Å². The summed E-state index contributed by atoms with van der Waals surface area (Å²) in [6.45, 7) is 1.39. The molecule has 0 unspecified atom stereocenters. The third-order valence-electron chi connectivity index (χ3n) is 1.34. The van der Waals surface area contributed by atoms with Gasteiger partial charge < -0.3 is 9.52 Å². The highest BCUT2D eigenvalue weighted by Crippen LogP contribution is 1.99. The van der Waals surface area contributed by atoms with Gasteiger partial charge in [-0.05, 0) is 6.92 Å². The first-order valence-corrected chi connectivity index (χ1v) is 2.94. The molecule has 1 rings (SSSR count). The molecule has 0 saturated heterocycles. The fourth-order valence-corrected chi connectivity index (χ4v) is 0.732.